The van der Waals surface area contributed by atoms with Gasteiger partial charge in [0.15, 0.2) is 0 Å². The molecule has 18 heavy (non-hydrogen) atoms. The van der Waals surface area contributed by atoms with Crippen molar-refractivity contribution in [3.05, 3.63) is 29.8 Å². The molecule has 0 atom stereocenters. The monoisotopic (exact) mass is 246 g/mol. The van der Waals surface area contributed by atoms with E-state index in [2.05, 4.69) is 12.2 Å². The van der Waals surface area contributed by atoms with Gasteiger partial charge in [-0.3, -0.25) is 4.79 Å². The average molecular weight is 246 g/mol. The largest absolute Gasteiger partial charge is 0.326 e. The molecule has 1 amide bonds. The molecule has 1 aromatic carbocycles. The van der Waals surface area contributed by atoms with Crippen LogP contribution in [0, 0.1) is 5.41 Å². The molecule has 1 saturated carbocycles. The van der Waals surface area contributed by atoms with E-state index < -0.39 is 0 Å². The zero-order valence-corrected chi connectivity index (χ0v) is 11.0. The second-order valence-electron chi connectivity index (χ2n) is 5.48. The van der Waals surface area contributed by atoms with Gasteiger partial charge in [-0.2, -0.15) is 0 Å². The molecule has 0 spiro atoms. The van der Waals surface area contributed by atoms with Gasteiger partial charge in [-0.15, -0.1) is 0 Å². The lowest BCUT2D eigenvalue weighted by Gasteiger charge is -2.32. The van der Waals surface area contributed by atoms with Crippen LogP contribution in [0.1, 0.15) is 44.6 Å². The minimum Gasteiger partial charge on any atom is -0.326 e. The Labute approximate surface area is 109 Å². The summed E-state index contributed by atoms with van der Waals surface area (Å²) in [5.74, 6) is 0.149. The van der Waals surface area contributed by atoms with Crippen molar-refractivity contribution in [1.29, 1.82) is 0 Å². The maximum absolute atomic E-state index is 12.3. The van der Waals surface area contributed by atoms with Crippen molar-refractivity contribution < 1.29 is 4.79 Å². The van der Waals surface area contributed by atoms with Gasteiger partial charge in [0.1, 0.15) is 0 Å². The van der Waals surface area contributed by atoms with Crippen LogP contribution in [0.4, 0.5) is 5.69 Å². The number of hydrogen-bond acceptors (Lipinski definition) is 2. The zero-order valence-electron chi connectivity index (χ0n) is 11.0. The van der Waals surface area contributed by atoms with E-state index in [1.165, 1.54) is 6.42 Å². The number of carbonyl (C=O) groups excluding carboxylic acids is 1. The molecule has 98 valence electrons. The SMILES string of the molecule is CC1(C(=O)Nc2cccc(CN)c2)CCCCC1. The fourth-order valence-electron chi connectivity index (χ4n) is 2.62. The van der Waals surface area contributed by atoms with E-state index in [1.54, 1.807) is 0 Å². The summed E-state index contributed by atoms with van der Waals surface area (Å²) < 4.78 is 0. The van der Waals surface area contributed by atoms with E-state index in [-0.39, 0.29) is 11.3 Å². The van der Waals surface area contributed by atoms with E-state index in [1.807, 2.05) is 24.3 Å². The second kappa shape index (κ2) is 5.53. The number of carbonyl (C=O) groups is 1. The van der Waals surface area contributed by atoms with Crippen molar-refractivity contribution >= 4 is 11.6 Å². The van der Waals surface area contributed by atoms with E-state index in [4.69, 9.17) is 5.73 Å². The van der Waals surface area contributed by atoms with Crippen LogP contribution < -0.4 is 11.1 Å². The normalized spacial score (nSPS) is 18.3. The highest BCUT2D eigenvalue weighted by Crippen LogP contribution is 2.36. The fourth-order valence-corrected chi connectivity index (χ4v) is 2.62. The molecule has 3 heteroatoms. The lowest BCUT2D eigenvalue weighted by molar-refractivity contribution is -0.126. The topological polar surface area (TPSA) is 55.1 Å². The lowest BCUT2D eigenvalue weighted by Crippen LogP contribution is -2.35. The first-order chi connectivity index (χ1) is 8.64. The maximum atomic E-state index is 12.3. The van der Waals surface area contributed by atoms with Crippen molar-refractivity contribution in [2.45, 2.75) is 45.6 Å². The molecule has 3 nitrogen and oxygen atoms in total. The molecule has 1 fully saturated rings. The highest BCUT2D eigenvalue weighted by molar-refractivity contribution is 5.95. The molecule has 0 bridgehead atoms. The van der Waals surface area contributed by atoms with E-state index in [9.17, 15) is 4.79 Å². The predicted octanol–water partition coefficient (Wildman–Crippen LogP) is 3.05. The highest BCUT2D eigenvalue weighted by atomic mass is 16.2. The summed E-state index contributed by atoms with van der Waals surface area (Å²) in [5.41, 5.74) is 7.31. The summed E-state index contributed by atoms with van der Waals surface area (Å²) in [7, 11) is 0. The first-order valence-electron chi connectivity index (χ1n) is 6.74. The smallest absolute Gasteiger partial charge is 0.230 e. The number of hydrogen-bond donors (Lipinski definition) is 2. The predicted molar refractivity (Wildman–Crippen MR) is 74.2 cm³/mol. The lowest BCUT2D eigenvalue weighted by atomic mass is 9.75. The summed E-state index contributed by atoms with van der Waals surface area (Å²) in [6.45, 7) is 2.58. The Morgan fingerprint density at radius 1 is 1.33 bits per heavy atom. The minimum atomic E-state index is -0.197. The van der Waals surface area contributed by atoms with Gasteiger partial charge in [-0.25, -0.2) is 0 Å². The molecule has 1 aliphatic rings. The van der Waals surface area contributed by atoms with Crippen LogP contribution in [0.25, 0.3) is 0 Å². The maximum Gasteiger partial charge on any atom is 0.230 e. The third-order valence-electron chi connectivity index (χ3n) is 3.93. The third-order valence-corrected chi connectivity index (χ3v) is 3.93. The van der Waals surface area contributed by atoms with Crippen molar-refractivity contribution in [3.8, 4) is 0 Å². The quantitative estimate of drug-likeness (QED) is 0.861. The van der Waals surface area contributed by atoms with Gasteiger partial charge in [-0.1, -0.05) is 38.3 Å². The molecular weight excluding hydrogens is 224 g/mol. The summed E-state index contributed by atoms with van der Waals surface area (Å²) in [6.07, 6.45) is 5.57. The number of nitrogens with one attached hydrogen (secondary N) is 1. The molecule has 2 rings (SSSR count). The van der Waals surface area contributed by atoms with Gasteiger partial charge in [-0.05, 0) is 30.5 Å². The van der Waals surface area contributed by atoms with E-state index >= 15 is 0 Å². The Hall–Kier alpha value is -1.35. The van der Waals surface area contributed by atoms with Crippen LogP contribution in [0.3, 0.4) is 0 Å². The summed E-state index contributed by atoms with van der Waals surface area (Å²) in [4.78, 5) is 12.3. The molecule has 0 radical (unpaired) electrons. The van der Waals surface area contributed by atoms with Gasteiger partial charge < -0.3 is 11.1 Å². The van der Waals surface area contributed by atoms with E-state index in [0.717, 1.165) is 36.9 Å². The highest BCUT2D eigenvalue weighted by Gasteiger charge is 2.34. The Morgan fingerprint density at radius 2 is 2.06 bits per heavy atom. The summed E-state index contributed by atoms with van der Waals surface area (Å²) >= 11 is 0. The van der Waals surface area contributed by atoms with Crippen LogP contribution >= 0.6 is 0 Å². The molecule has 3 N–H and O–H groups in total. The van der Waals surface area contributed by atoms with Crippen molar-refractivity contribution in [1.82, 2.24) is 0 Å². The molecule has 0 aromatic heterocycles. The molecule has 1 aromatic rings. The van der Waals surface area contributed by atoms with E-state index in [0.29, 0.717) is 6.54 Å². The number of anilines is 1. The summed E-state index contributed by atoms with van der Waals surface area (Å²) in [5, 5.41) is 3.03. The third kappa shape index (κ3) is 2.91. The van der Waals surface area contributed by atoms with Crippen molar-refractivity contribution in [2.24, 2.45) is 11.1 Å². The first kappa shape index (κ1) is 13.1. The Morgan fingerprint density at radius 3 is 2.72 bits per heavy atom. The number of nitrogens with two attached hydrogens (primary N) is 1. The molecule has 1 aliphatic carbocycles. The van der Waals surface area contributed by atoms with Crippen LogP contribution in [-0.2, 0) is 11.3 Å². The Kier molecular flexibility index (Phi) is 4.02. The molecule has 0 heterocycles. The van der Waals surface area contributed by atoms with Crippen LogP contribution in [0.15, 0.2) is 24.3 Å². The number of rotatable bonds is 3. The molecule has 0 unspecified atom stereocenters. The van der Waals surface area contributed by atoms with Gasteiger partial charge in [0.05, 0.1) is 0 Å². The minimum absolute atomic E-state index is 0.149. The second-order valence-corrected chi connectivity index (χ2v) is 5.48. The standard InChI is InChI=1S/C15H22N2O/c1-15(8-3-2-4-9-15)14(18)17-13-7-5-6-12(10-13)11-16/h5-7,10H,2-4,8-9,11,16H2,1H3,(H,17,18). The van der Waals surface area contributed by atoms with Crippen molar-refractivity contribution in [2.75, 3.05) is 5.32 Å². The Balaban J connectivity index is 2.05. The van der Waals surface area contributed by atoms with Crippen LogP contribution in [-0.4, -0.2) is 5.91 Å². The van der Waals surface area contributed by atoms with Gasteiger partial charge >= 0.3 is 0 Å². The van der Waals surface area contributed by atoms with Crippen molar-refractivity contribution in [3.63, 3.8) is 0 Å². The zero-order chi connectivity index (χ0) is 13.0. The molecule has 0 aliphatic heterocycles. The molecule has 0 saturated heterocycles. The number of benzene rings is 1. The molecular formula is C15H22N2O. The van der Waals surface area contributed by atoms with Gasteiger partial charge in [0, 0.05) is 17.6 Å². The Bertz CT molecular complexity index is 422. The fraction of sp³-hybridized carbons (Fsp3) is 0.533. The summed E-state index contributed by atoms with van der Waals surface area (Å²) in [6, 6.07) is 7.77. The van der Waals surface area contributed by atoms with Gasteiger partial charge in [0.2, 0.25) is 5.91 Å². The first-order valence-corrected chi connectivity index (χ1v) is 6.74. The average Bonchev–Trinajstić information content (AvgIpc) is 2.40. The number of amides is 1. The van der Waals surface area contributed by atoms with Crippen LogP contribution in [0.2, 0.25) is 0 Å². The van der Waals surface area contributed by atoms with Gasteiger partial charge in [0.25, 0.3) is 0 Å². The van der Waals surface area contributed by atoms with Crippen LogP contribution in [0.5, 0.6) is 0 Å².